The van der Waals surface area contributed by atoms with Crippen molar-refractivity contribution in [3.63, 3.8) is 0 Å². The Balaban J connectivity index is 1.25. The van der Waals surface area contributed by atoms with Crippen LogP contribution in [0.1, 0.15) is 86.5 Å². The summed E-state index contributed by atoms with van der Waals surface area (Å²) in [5, 5.41) is 21.4. The topological polar surface area (TPSA) is 99.6 Å². The van der Waals surface area contributed by atoms with Crippen LogP contribution < -0.4 is 0 Å². The van der Waals surface area contributed by atoms with E-state index in [1.165, 1.54) is 0 Å². The van der Waals surface area contributed by atoms with Crippen molar-refractivity contribution in [3.05, 3.63) is 11.1 Å². The highest BCUT2D eigenvalue weighted by molar-refractivity contribution is 5.90. The Bertz CT molecular complexity index is 1070. The average Bonchev–Trinajstić information content (AvgIpc) is 3.54. The largest absolute Gasteiger partial charge is 0.458 e. The van der Waals surface area contributed by atoms with Gasteiger partial charge in [0.15, 0.2) is 0 Å². The van der Waals surface area contributed by atoms with E-state index in [1.807, 2.05) is 6.92 Å². The van der Waals surface area contributed by atoms with Gasteiger partial charge in [-0.1, -0.05) is 33.3 Å². The van der Waals surface area contributed by atoms with Gasteiger partial charge in [0, 0.05) is 18.9 Å². The molecule has 0 amide bonds. The average molecular weight is 544 g/mol. The molecular formula is C32H49NO6. The summed E-state index contributed by atoms with van der Waals surface area (Å²) in [5.41, 5.74) is 0.151. The Hall–Kier alpha value is -1.28. The lowest BCUT2D eigenvalue weighted by Crippen LogP contribution is -2.70. The zero-order chi connectivity index (χ0) is 28.1. The molecule has 5 fully saturated rings. The molecular weight excluding hydrogens is 494 g/mol. The molecule has 2 heterocycles. The second-order valence-electron chi connectivity index (χ2n) is 14.2. The minimum Gasteiger partial charge on any atom is -0.458 e. The van der Waals surface area contributed by atoms with Crippen molar-refractivity contribution in [3.8, 4) is 0 Å². The van der Waals surface area contributed by atoms with Crippen molar-refractivity contribution in [2.75, 3.05) is 19.7 Å². The number of carbonyl (C=O) groups excluding carboxylic acids is 2. The first-order valence-electron chi connectivity index (χ1n) is 15.6. The number of cyclic esters (lactones) is 1. The van der Waals surface area contributed by atoms with Gasteiger partial charge in [0.05, 0.1) is 23.7 Å². The SMILES string of the molecule is CCN(CC)C1CC(=O)C2(C)C3CCC4(C)C(C(C)C5CC(C)=C(CO)C(=O)O5)CCC4C3CC3OC32C1O. The van der Waals surface area contributed by atoms with Crippen LogP contribution in [0.3, 0.4) is 0 Å². The fourth-order valence-electron chi connectivity index (χ4n) is 11.1. The summed E-state index contributed by atoms with van der Waals surface area (Å²) in [6, 6.07) is -0.158. The lowest BCUT2D eigenvalue weighted by atomic mass is 9.43. The number of likely N-dealkylation sites (N-methyl/N-ethyl adjacent to an activating group) is 1. The molecule has 1 saturated heterocycles. The van der Waals surface area contributed by atoms with Crippen LogP contribution in [-0.2, 0) is 19.1 Å². The van der Waals surface area contributed by atoms with Crippen molar-refractivity contribution in [1.29, 1.82) is 0 Å². The van der Waals surface area contributed by atoms with Gasteiger partial charge >= 0.3 is 5.97 Å². The number of epoxide rings is 1. The Morgan fingerprint density at radius 2 is 1.79 bits per heavy atom. The standard InChI is InChI=1S/C32H49NO6/c1-7-33(8-2)24-15-26(35)31(6)23-11-12-30(5)21(18(4)25-13-17(3)20(16-34)29(37)38-25)9-10-22(30)19(23)14-27-32(31,39-27)28(24)36/h18-19,21-25,27-28,34,36H,7-16H2,1-6H3. The third-order valence-corrected chi connectivity index (χ3v) is 13.3. The molecule has 0 aromatic heterocycles. The number of fused-ring (bicyclic) bond motifs is 4. The molecule has 0 radical (unpaired) electrons. The summed E-state index contributed by atoms with van der Waals surface area (Å²) in [6.45, 7) is 14.4. The first kappa shape index (κ1) is 27.9. The quantitative estimate of drug-likeness (QED) is 0.387. The fraction of sp³-hybridized carbons (Fsp3) is 0.875. The van der Waals surface area contributed by atoms with Gasteiger partial charge in [-0.15, -0.1) is 0 Å². The smallest absolute Gasteiger partial charge is 0.336 e. The Labute approximate surface area is 233 Å². The molecule has 39 heavy (non-hydrogen) atoms. The summed E-state index contributed by atoms with van der Waals surface area (Å²) < 4.78 is 12.4. The van der Waals surface area contributed by atoms with Crippen LogP contribution in [0.2, 0.25) is 0 Å². The van der Waals surface area contributed by atoms with Crippen LogP contribution >= 0.6 is 0 Å². The van der Waals surface area contributed by atoms with E-state index in [0.29, 0.717) is 42.0 Å². The third kappa shape index (κ3) is 3.55. The van der Waals surface area contributed by atoms with Gasteiger partial charge in [0.25, 0.3) is 0 Å². The maximum Gasteiger partial charge on any atom is 0.336 e. The summed E-state index contributed by atoms with van der Waals surface area (Å²) in [6.07, 6.45) is 5.54. The number of Topliss-reactive ketones (excluding diaryl/α,β-unsaturated/α-hetero) is 1. The summed E-state index contributed by atoms with van der Waals surface area (Å²) >= 11 is 0. The number of hydrogen-bond donors (Lipinski definition) is 2. The number of aliphatic hydroxyl groups excluding tert-OH is 2. The van der Waals surface area contributed by atoms with E-state index in [4.69, 9.17) is 9.47 Å². The maximum atomic E-state index is 14.1. The minimum atomic E-state index is -0.722. The van der Waals surface area contributed by atoms with Crippen LogP contribution in [0, 0.1) is 40.4 Å². The molecule has 7 nitrogen and oxygen atoms in total. The zero-order valence-corrected chi connectivity index (χ0v) is 24.7. The number of carbonyl (C=O) groups is 2. The van der Waals surface area contributed by atoms with Crippen molar-refractivity contribution >= 4 is 11.8 Å². The Kier molecular flexibility index (Phi) is 6.69. The molecule has 7 heteroatoms. The molecule has 0 aromatic rings. The number of nitrogens with zero attached hydrogens (tertiary/aromatic N) is 1. The summed E-state index contributed by atoms with van der Waals surface area (Å²) in [7, 11) is 0. The monoisotopic (exact) mass is 543 g/mol. The minimum absolute atomic E-state index is 0.0381. The normalized spacial score (nSPS) is 49.7. The van der Waals surface area contributed by atoms with E-state index in [1.54, 1.807) is 0 Å². The van der Waals surface area contributed by atoms with Crippen LogP contribution in [0.4, 0.5) is 0 Å². The van der Waals surface area contributed by atoms with Crippen LogP contribution in [0.15, 0.2) is 11.1 Å². The molecule has 4 saturated carbocycles. The number of hydrogen-bond acceptors (Lipinski definition) is 7. The van der Waals surface area contributed by atoms with Crippen molar-refractivity contribution in [2.24, 2.45) is 40.4 Å². The molecule has 6 aliphatic rings. The van der Waals surface area contributed by atoms with Crippen molar-refractivity contribution in [2.45, 2.75) is 116 Å². The predicted octanol–water partition coefficient (Wildman–Crippen LogP) is 3.90. The van der Waals surface area contributed by atoms with E-state index < -0.39 is 17.1 Å². The molecule has 2 aliphatic heterocycles. The zero-order valence-electron chi connectivity index (χ0n) is 24.7. The van der Waals surface area contributed by atoms with E-state index in [0.717, 1.165) is 50.8 Å². The maximum absolute atomic E-state index is 14.1. The van der Waals surface area contributed by atoms with Crippen molar-refractivity contribution < 1.29 is 29.3 Å². The van der Waals surface area contributed by atoms with Crippen molar-refractivity contribution in [1.82, 2.24) is 4.90 Å². The lowest BCUT2D eigenvalue weighted by molar-refractivity contribution is -0.175. The molecule has 4 aliphatic carbocycles. The number of rotatable bonds is 6. The highest BCUT2D eigenvalue weighted by Gasteiger charge is 2.82. The molecule has 6 rings (SSSR count). The van der Waals surface area contributed by atoms with Gasteiger partial charge < -0.3 is 19.7 Å². The van der Waals surface area contributed by atoms with E-state index in [2.05, 4.69) is 39.5 Å². The summed E-state index contributed by atoms with van der Waals surface area (Å²) in [5.74, 6) is 1.79. The third-order valence-electron chi connectivity index (χ3n) is 13.3. The molecule has 12 atom stereocenters. The molecule has 2 N–H and O–H groups in total. The van der Waals surface area contributed by atoms with Crippen LogP contribution in [0.5, 0.6) is 0 Å². The first-order chi connectivity index (χ1) is 18.5. The molecule has 0 bridgehead atoms. The first-order valence-corrected chi connectivity index (χ1v) is 15.6. The Morgan fingerprint density at radius 1 is 1.08 bits per heavy atom. The van der Waals surface area contributed by atoms with Gasteiger partial charge in [0.1, 0.15) is 23.6 Å². The summed E-state index contributed by atoms with van der Waals surface area (Å²) in [4.78, 5) is 28.9. The molecule has 218 valence electrons. The van der Waals surface area contributed by atoms with Gasteiger partial charge in [0.2, 0.25) is 0 Å². The number of aliphatic hydroxyl groups is 2. The highest BCUT2D eigenvalue weighted by Crippen LogP contribution is 2.73. The number of esters is 1. The predicted molar refractivity (Wildman–Crippen MR) is 147 cm³/mol. The molecule has 0 aromatic carbocycles. The van der Waals surface area contributed by atoms with Gasteiger partial charge in [-0.25, -0.2) is 4.79 Å². The van der Waals surface area contributed by atoms with E-state index >= 15 is 0 Å². The van der Waals surface area contributed by atoms with Gasteiger partial charge in [-0.05, 0) is 94.0 Å². The second kappa shape index (κ2) is 9.37. The second-order valence-corrected chi connectivity index (χ2v) is 14.2. The van der Waals surface area contributed by atoms with Gasteiger partial charge in [-0.2, -0.15) is 0 Å². The fourth-order valence-corrected chi connectivity index (χ4v) is 11.1. The van der Waals surface area contributed by atoms with E-state index in [-0.39, 0.29) is 48.1 Å². The number of ketones is 1. The molecule has 12 unspecified atom stereocenters. The van der Waals surface area contributed by atoms with Gasteiger partial charge in [-0.3, -0.25) is 9.69 Å². The Morgan fingerprint density at radius 3 is 2.44 bits per heavy atom. The lowest BCUT2D eigenvalue weighted by Gasteiger charge is -2.60. The highest BCUT2D eigenvalue weighted by atomic mass is 16.6. The van der Waals surface area contributed by atoms with Crippen LogP contribution in [-0.4, -0.2) is 76.5 Å². The number of ether oxygens (including phenoxy) is 2. The van der Waals surface area contributed by atoms with E-state index in [9.17, 15) is 19.8 Å². The van der Waals surface area contributed by atoms with Crippen LogP contribution in [0.25, 0.3) is 0 Å². The molecule has 1 spiro atoms.